The Morgan fingerprint density at radius 1 is 1.31 bits per heavy atom. The Hall–Kier alpha value is -0.730. The lowest BCUT2D eigenvalue weighted by Gasteiger charge is -2.24. The van der Waals surface area contributed by atoms with Gasteiger partial charge in [-0.3, -0.25) is 0 Å². The molecule has 0 saturated carbocycles. The number of piperidine rings is 1. The highest BCUT2D eigenvalue weighted by molar-refractivity contribution is 5.85. The number of nitrogens with one attached hydrogen (secondary N) is 1. The maximum atomic E-state index is 5.35. The SMILES string of the molecule is COc1cc([C@H]2CCCCN2)ccc1C.Cl. The van der Waals surface area contributed by atoms with Crippen LogP contribution < -0.4 is 10.1 Å². The summed E-state index contributed by atoms with van der Waals surface area (Å²) in [5, 5.41) is 3.55. The number of aryl methyl sites for hydroxylation is 1. The van der Waals surface area contributed by atoms with Gasteiger partial charge in [-0.2, -0.15) is 0 Å². The monoisotopic (exact) mass is 241 g/mol. The molecule has 0 aromatic heterocycles. The van der Waals surface area contributed by atoms with Gasteiger partial charge >= 0.3 is 0 Å². The number of rotatable bonds is 2. The number of methoxy groups -OCH3 is 1. The minimum absolute atomic E-state index is 0. The van der Waals surface area contributed by atoms with E-state index >= 15 is 0 Å². The first-order valence-electron chi connectivity index (χ1n) is 5.69. The molecular weight excluding hydrogens is 222 g/mol. The molecule has 1 aliphatic heterocycles. The Morgan fingerprint density at radius 2 is 2.12 bits per heavy atom. The summed E-state index contributed by atoms with van der Waals surface area (Å²) < 4.78 is 5.35. The van der Waals surface area contributed by atoms with Crippen LogP contribution in [0.5, 0.6) is 5.75 Å². The van der Waals surface area contributed by atoms with Gasteiger partial charge in [0.05, 0.1) is 7.11 Å². The van der Waals surface area contributed by atoms with Gasteiger partial charge in [-0.25, -0.2) is 0 Å². The summed E-state index contributed by atoms with van der Waals surface area (Å²) in [5.41, 5.74) is 2.56. The van der Waals surface area contributed by atoms with E-state index in [0.717, 1.165) is 12.3 Å². The van der Waals surface area contributed by atoms with Crippen molar-refractivity contribution in [1.29, 1.82) is 0 Å². The second-order valence-electron chi connectivity index (χ2n) is 4.23. The van der Waals surface area contributed by atoms with Crippen molar-refractivity contribution < 1.29 is 4.74 Å². The highest BCUT2D eigenvalue weighted by Crippen LogP contribution is 2.27. The molecule has 3 heteroatoms. The lowest BCUT2D eigenvalue weighted by Crippen LogP contribution is -2.26. The third-order valence-electron chi connectivity index (χ3n) is 3.14. The summed E-state index contributed by atoms with van der Waals surface area (Å²) in [5.74, 6) is 1.000. The molecule has 0 bridgehead atoms. The van der Waals surface area contributed by atoms with Crippen molar-refractivity contribution >= 4 is 12.4 Å². The van der Waals surface area contributed by atoms with Gasteiger partial charge in [0.2, 0.25) is 0 Å². The van der Waals surface area contributed by atoms with Gasteiger partial charge in [0.15, 0.2) is 0 Å². The zero-order chi connectivity index (χ0) is 10.7. The second kappa shape index (κ2) is 6.12. The van der Waals surface area contributed by atoms with Crippen LogP contribution in [0.25, 0.3) is 0 Å². The first-order valence-corrected chi connectivity index (χ1v) is 5.69. The summed E-state index contributed by atoms with van der Waals surface area (Å²) in [7, 11) is 1.74. The molecule has 1 aromatic carbocycles. The molecule has 0 radical (unpaired) electrons. The van der Waals surface area contributed by atoms with E-state index in [1.165, 1.54) is 30.4 Å². The summed E-state index contributed by atoms with van der Waals surface area (Å²) in [6, 6.07) is 7.04. The Balaban J connectivity index is 0.00000128. The van der Waals surface area contributed by atoms with Crippen molar-refractivity contribution in [2.45, 2.75) is 32.2 Å². The van der Waals surface area contributed by atoms with Crippen molar-refractivity contribution in [3.63, 3.8) is 0 Å². The summed E-state index contributed by atoms with van der Waals surface area (Å²) >= 11 is 0. The Bertz CT molecular complexity index is 335. The number of ether oxygens (including phenoxy) is 1. The van der Waals surface area contributed by atoms with Crippen LogP contribution in [0.15, 0.2) is 18.2 Å². The predicted molar refractivity (Wildman–Crippen MR) is 69.6 cm³/mol. The fourth-order valence-electron chi connectivity index (χ4n) is 2.19. The molecule has 0 aliphatic carbocycles. The van der Waals surface area contributed by atoms with Gasteiger partial charge in [0, 0.05) is 6.04 Å². The van der Waals surface area contributed by atoms with Crippen LogP contribution in [0.2, 0.25) is 0 Å². The lowest BCUT2D eigenvalue weighted by molar-refractivity contribution is 0.398. The molecule has 16 heavy (non-hydrogen) atoms. The topological polar surface area (TPSA) is 21.3 Å². The van der Waals surface area contributed by atoms with Gasteiger partial charge in [0.25, 0.3) is 0 Å². The molecule has 1 aromatic rings. The van der Waals surface area contributed by atoms with Gasteiger partial charge < -0.3 is 10.1 Å². The fraction of sp³-hybridized carbons (Fsp3) is 0.538. The van der Waals surface area contributed by atoms with Crippen LogP contribution in [0, 0.1) is 6.92 Å². The normalized spacial score (nSPS) is 20.0. The van der Waals surface area contributed by atoms with Crippen LogP contribution >= 0.6 is 12.4 Å². The fourth-order valence-corrected chi connectivity index (χ4v) is 2.19. The molecule has 2 rings (SSSR count). The van der Waals surface area contributed by atoms with Gasteiger partial charge in [-0.05, 0) is 43.5 Å². The molecule has 90 valence electrons. The van der Waals surface area contributed by atoms with Crippen molar-refractivity contribution in [2.75, 3.05) is 13.7 Å². The maximum absolute atomic E-state index is 5.35. The van der Waals surface area contributed by atoms with Gasteiger partial charge in [0.1, 0.15) is 5.75 Å². The molecule has 0 amide bonds. The van der Waals surface area contributed by atoms with Crippen LogP contribution in [-0.4, -0.2) is 13.7 Å². The van der Waals surface area contributed by atoms with E-state index in [1.54, 1.807) is 7.11 Å². The highest BCUT2D eigenvalue weighted by atomic mass is 35.5. The van der Waals surface area contributed by atoms with Crippen molar-refractivity contribution in [3.8, 4) is 5.75 Å². The largest absolute Gasteiger partial charge is 0.496 e. The van der Waals surface area contributed by atoms with E-state index in [4.69, 9.17) is 4.74 Å². The minimum atomic E-state index is 0. The van der Waals surface area contributed by atoms with E-state index < -0.39 is 0 Å². The first kappa shape index (κ1) is 13.3. The smallest absolute Gasteiger partial charge is 0.122 e. The first-order chi connectivity index (χ1) is 7.31. The molecule has 1 saturated heterocycles. The quantitative estimate of drug-likeness (QED) is 0.859. The van der Waals surface area contributed by atoms with Crippen molar-refractivity contribution in [3.05, 3.63) is 29.3 Å². The van der Waals surface area contributed by atoms with Gasteiger partial charge in [-0.1, -0.05) is 18.6 Å². The van der Waals surface area contributed by atoms with Crippen LogP contribution in [0.3, 0.4) is 0 Å². The zero-order valence-corrected chi connectivity index (χ0v) is 10.8. The molecule has 0 spiro atoms. The van der Waals surface area contributed by atoms with E-state index in [0.29, 0.717) is 6.04 Å². The summed E-state index contributed by atoms with van der Waals surface area (Å²) in [4.78, 5) is 0. The lowest BCUT2D eigenvalue weighted by atomic mass is 9.96. The van der Waals surface area contributed by atoms with E-state index in [1.807, 2.05) is 0 Å². The molecule has 2 nitrogen and oxygen atoms in total. The molecule has 0 unspecified atom stereocenters. The van der Waals surface area contributed by atoms with Crippen LogP contribution in [0.4, 0.5) is 0 Å². The van der Waals surface area contributed by atoms with E-state index in [9.17, 15) is 0 Å². The van der Waals surface area contributed by atoms with Gasteiger partial charge in [-0.15, -0.1) is 12.4 Å². The molecule has 1 fully saturated rings. The highest BCUT2D eigenvalue weighted by Gasteiger charge is 2.15. The number of halogens is 1. The Morgan fingerprint density at radius 3 is 2.75 bits per heavy atom. The maximum Gasteiger partial charge on any atom is 0.122 e. The zero-order valence-electron chi connectivity index (χ0n) is 9.95. The average Bonchev–Trinajstić information content (AvgIpc) is 2.31. The summed E-state index contributed by atoms with van der Waals surface area (Å²) in [6.07, 6.45) is 3.87. The van der Waals surface area contributed by atoms with Crippen LogP contribution in [0.1, 0.15) is 36.4 Å². The van der Waals surface area contributed by atoms with E-state index in [-0.39, 0.29) is 12.4 Å². The second-order valence-corrected chi connectivity index (χ2v) is 4.23. The summed E-state index contributed by atoms with van der Waals surface area (Å²) in [6.45, 7) is 3.22. The molecule has 1 aliphatic rings. The number of benzene rings is 1. The van der Waals surface area contributed by atoms with Crippen LogP contribution in [-0.2, 0) is 0 Å². The third-order valence-corrected chi connectivity index (χ3v) is 3.14. The standard InChI is InChI=1S/C13H19NO.ClH/c1-10-6-7-11(9-13(10)15-2)12-5-3-4-8-14-12;/h6-7,9,12,14H,3-5,8H2,1-2H3;1H/t12-;/m1./s1. The molecular formula is C13H20ClNO. The van der Waals surface area contributed by atoms with Crippen molar-refractivity contribution in [1.82, 2.24) is 5.32 Å². The predicted octanol–water partition coefficient (Wildman–Crippen LogP) is 3.24. The molecule has 1 atom stereocenters. The van der Waals surface area contributed by atoms with Crippen molar-refractivity contribution in [2.24, 2.45) is 0 Å². The van der Waals surface area contributed by atoms with E-state index in [2.05, 4.69) is 30.4 Å². The third kappa shape index (κ3) is 2.89. The molecule has 1 heterocycles. The Kier molecular flexibility index (Phi) is 5.10. The minimum Gasteiger partial charge on any atom is -0.496 e. The number of hydrogen-bond acceptors (Lipinski definition) is 2. The molecule has 1 N–H and O–H groups in total. The Labute approximate surface area is 104 Å². The number of hydrogen-bond donors (Lipinski definition) is 1. The average molecular weight is 242 g/mol.